The van der Waals surface area contributed by atoms with Crippen LogP contribution in [0.25, 0.3) is 0 Å². The second kappa shape index (κ2) is 5.21. The fraction of sp³-hybridized carbons (Fsp3) is 0.750. The molecular weight excluding hydrogens is 318 g/mol. The van der Waals surface area contributed by atoms with Crippen LogP contribution in [0.2, 0.25) is 25.7 Å². The molecule has 1 aromatic rings. The summed E-state index contributed by atoms with van der Waals surface area (Å²) in [5, 5.41) is 4.27. The van der Waals surface area contributed by atoms with Crippen LogP contribution >= 0.6 is 0 Å². The van der Waals surface area contributed by atoms with Gasteiger partial charge in [-0.15, -0.1) is 0 Å². The van der Waals surface area contributed by atoms with Gasteiger partial charge in [0.05, 0.1) is 0 Å². The van der Waals surface area contributed by atoms with Crippen molar-refractivity contribution in [2.45, 2.75) is 58.1 Å². The van der Waals surface area contributed by atoms with Gasteiger partial charge in [0.2, 0.25) is 0 Å². The molecule has 3 rings (SSSR count). The van der Waals surface area contributed by atoms with Crippen LogP contribution in [-0.2, 0) is 24.3 Å². The summed E-state index contributed by atoms with van der Waals surface area (Å²) in [5.74, 6) is -3.30. The van der Waals surface area contributed by atoms with Gasteiger partial charge in [0, 0.05) is 43.7 Å². The molecule has 1 saturated carbocycles. The van der Waals surface area contributed by atoms with Gasteiger partial charge < -0.3 is 4.74 Å². The van der Waals surface area contributed by atoms with Crippen molar-refractivity contribution in [1.29, 1.82) is 0 Å². The summed E-state index contributed by atoms with van der Waals surface area (Å²) in [4.78, 5) is 11.2. The summed E-state index contributed by atoms with van der Waals surface area (Å²) in [7, 11) is -1.17. The summed E-state index contributed by atoms with van der Waals surface area (Å²) >= 11 is 0. The first-order valence-corrected chi connectivity index (χ1v) is 11.8. The lowest BCUT2D eigenvalue weighted by Crippen LogP contribution is -2.23. The fourth-order valence-corrected chi connectivity index (χ4v) is 4.28. The van der Waals surface area contributed by atoms with Crippen molar-refractivity contribution in [3.8, 4) is 0 Å². The summed E-state index contributed by atoms with van der Waals surface area (Å²) in [6, 6.07) is 1.04. The van der Waals surface area contributed by atoms with Crippen molar-refractivity contribution in [2.24, 2.45) is 11.3 Å². The number of ether oxygens (including phenoxy) is 1. The van der Waals surface area contributed by atoms with Gasteiger partial charge in [-0.1, -0.05) is 26.6 Å². The number of aldehydes is 1. The number of hydrogen-bond donors (Lipinski definition) is 0. The van der Waals surface area contributed by atoms with E-state index in [-0.39, 0.29) is 19.6 Å². The highest BCUT2D eigenvalue weighted by molar-refractivity contribution is 6.76. The third-order valence-electron chi connectivity index (χ3n) is 5.35. The average molecular weight is 342 g/mol. The lowest BCUT2D eigenvalue weighted by Gasteiger charge is -2.19. The first-order valence-electron chi connectivity index (χ1n) is 8.09. The molecule has 0 aliphatic heterocycles. The Morgan fingerprint density at radius 1 is 1.43 bits per heavy atom. The molecular formula is C16H24F2N2O2Si. The molecule has 0 N–H and O–H groups in total. The zero-order valence-corrected chi connectivity index (χ0v) is 15.2. The van der Waals surface area contributed by atoms with Crippen LogP contribution in [0.4, 0.5) is 8.78 Å². The van der Waals surface area contributed by atoms with Crippen LogP contribution in [0.1, 0.15) is 28.7 Å². The van der Waals surface area contributed by atoms with Gasteiger partial charge in [0.1, 0.15) is 12.4 Å². The first-order chi connectivity index (χ1) is 10.6. The normalized spacial score (nSPS) is 28.2. The number of alkyl halides is 2. The molecule has 0 saturated heterocycles. The van der Waals surface area contributed by atoms with Gasteiger partial charge in [-0.2, -0.15) is 5.10 Å². The Kier molecular flexibility index (Phi) is 3.80. The number of fused-ring (bicyclic) bond motifs is 2. The molecule has 2 unspecified atom stereocenters. The van der Waals surface area contributed by atoms with Crippen LogP contribution in [0.5, 0.6) is 0 Å². The van der Waals surface area contributed by atoms with Gasteiger partial charge in [-0.25, -0.2) is 13.5 Å². The van der Waals surface area contributed by atoms with E-state index in [4.69, 9.17) is 4.74 Å². The number of carbonyl (C=O) groups is 1. The van der Waals surface area contributed by atoms with Crippen molar-refractivity contribution in [1.82, 2.24) is 9.78 Å². The Balaban J connectivity index is 1.74. The van der Waals surface area contributed by atoms with Gasteiger partial charge in [-0.3, -0.25) is 4.79 Å². The third-order valence-corrected chi connectivity index (χ3v) is 7.05. The Morgan fingerprint density at radius 2 is 2.13 bits per heavy atom. The average Bonchev–Trinajstić information content (AvgIpc) is 2.75. The zero-order valence-electron chi connectivity index (χ0n) is 14.2. The predicted molar refractivity (Wildman–Crippen MR) is 85.7 cm³/mol. The fourth-order valence-electron chi connectivity index (χ4n) is 3.53. The maximum Gasteiger partial charge on any atom is 0.258 e. The number of carbonyl (C=O) groups excluding carboxylic acids is 1. The minimum absolute atomic E-state index is 0.229. The third kappa shape index (κ3) is 2.67. The van der Waals surface area contributed by atoms with E-state index >= 15 is 0 Å². The van der Waals surface area contributed by atoms with Gasteiger partial charge in [-0.05, 0) is 12.5 Å². The molecule has 23 heavy (non-hydrogen) atoms. The Bertz CT molecular complexity index is 639. The SMILES string of the molecule is CC12Cc3c(c(C=O)nn3COCC[Si](C)(C)C)CC1C2(F)F. The number of aromatic nitrogens is 2. The van der Waals surface area contributed by atoms with Crippen molar-refractivity contribution in [3.05, 3.63) is 17.0 Å². The Hall–Kier alpha value is -1.08. The van der Waals surface area contributed by atoms with E-state index in [1.807, 2.05) is 0 Å². The van der Waals surface area contributed by atoms with Crippen molar-refractivity contribution in [2.75, 3.05) is 6.61 Å². The van der Waals surface area contributed by atoms with E-state index in [2.05, 4.69) is 24.7 Å². The predicted octanol–water partition coefficient (Wildman–Crippen LogP) is 3.38. The highest BCUT2D eigenvalue weighted by atomic mass is 28.3. The van der Waals surface area contributed by atoms with E-state index < -0.39 is 25.3 Å². The van der Waals surface area contributed by atoms with Crippen molar-refractivity contribution >= 4 is 14.4 Å². The first kappa shape index (κ1) is 16.8. The van der Waals surface area contributed by atoms with Crippen LogP contribution < -0.4 is 0 Å². The maximum atomic E-state index is 14.0. The molecule has 0 radical (unpaired) electrons. The zero-order chi connectivity index (χ0) is 17.0. The number of nitrogens with zero attached hydrogens (tertiary/aromatic N) is 2. The van der Waals surface area contributed by atoms with Gasteiger partial charge >= 0.3 is 0 Å². The maximum absolute atomic E-state index is 14.0. The molecule has 0 amide bonds. The molecule has 1 fully saturated rings. The molecule has 4 nitrogen and oxygen atoms in total. The summed E-state index contributed by atoms with van der Waals surface area (Å²) in [5.41, 5.74) is 0.735. The van der Waals surface area contributed by atoms with Gasteiger partial charge in [0.15, 0.2) is 6.29 Å². The summed E-state index contributed by atoms with van der Waals surface area (Å²) in [6.45, 7) is 9.31. The largest absolute Gasteiger partial charge is 0.360 e. The molecule has 0 bridgehead atoms. The van der Waals surface area contributed by atoms with E-state index in [1.165, 1.54) is 0 Å². The minimum Gasteiger partial charge on any atom is -0.360 e. The quantitative estimate of drug-likeness (QED) is 0.452. The van der Waals surface area contributed by atoms with Crippen molar-refractivity contribution in [3.63, 3.8) is 0 Å². The number of halogens is 2. The van der Waals surface area contributed by atoms with E-state index in [0.717, 1.165) is 11.7 Å². The highest BCUT2D eigenvalue weighted by Gasteiger charge is 2.78. The standard InChI is InChI=1S/C16H24F2N2O2Si/c1-15-8-13-11(7-14(15)16(15,17)18)12(9-21)19-20(13)10-22-5-6-23(2,3)4/h9,14H,5-8,10H2,1-4H3. The number of rotatable bonds is 6. The molecule has 0 spiro atoms. The second-order valence-electron chi connectivity index (χ2n) is 8.25. The van der Waals surface area contributed by atoms with E-state index in [1.54, 1.807) is 11.6 Å². The van der Waals surface area contributed by atoms with Crippen LogP contribution in [0.3, 0.4) is 0 Å². The molecule has 1 aromatic heterocycles. The van der Waals surface area contributed by atoms with Crippen LogP contribution in [0.15, 0.2) is 0 Å². The molecule has 2 aliphatic rings. The van der Waals surface area contributed by atoms with Crippen molar-refractivity contribution < 1.29 is 18.3 Å². The topological polar surface area (TPSA) is 44.1 Å². The molecule has 2 aliphatic carbocycles. The van der Waals surface area contributed by atoms with E-state index in [9.17, 15) is 13.6 Å². The van der Waals surface area contributed by atoms with E-state index in [0.29, 0.717) is 24.2 Å². The number of hydrogen-bond acceptors (Lipinski definition) is 3. The monoisotopic (exact) mass is 342 g/mol. The smallest absolute Gasteiger partial charge is 0.258 e. The van der Waals surface area contributed by atoms with Crippen LogP contribution in [-0.4, -0.2) is 36.7 Å². The minimum atomic E-state index is -2.64. The lowest BCUT2D eigenvalue weighted by atomic mass is 9.87. The lowest BCUT2D eigenvalue weighted by molar-refractivity contribution is 0.0590. The molecule has 128 valence electrons. The Morgan fingerprint density at radius 3 is 2.74 bits per heavy atom. The second-order valence-corrected chi connectivity index (χ2v) is 13.9. The Labute approximate surface area is 136 Å². The summed E-state index contributed by atoms with van der Waals surface area (Å²) < 4.78 is 35.3. The molecule has 2 atom stereocenters. The van der Waals surface area contributed by atoms with Crippen LogP contribution in [0, 0.1) is 11.3 Å². The molecule has 7 heteroatoms. The molecule has 0 aromatic carbocycles. The van der Waals surface area contributed by atoms with Gasteiger partial charge in [0.25, 0.3) is 5.92 Å². The highest BCUT2D eigenvalue weighted by Crippen LogP contribution is 2.70. The molecule has 1 heterocycles. The summed E-state index contributed by atoms with van der Waals surface area (Å²) in [6.07, 6.45) is 1.17.